The molecule has 3 nitrogen and oxygen atoms in total. The van der Waals surface area contributed by atoms with Gasteiger partial charge in [-0.05, 0) is 54.0 Å². The van der Waals surface area contributed by atoms with Gasteiger partial charge in [0.15, 0.2) is 0 Å². The number of nitrogens with two attached hydrogens (primary N) is 1. The van der Waals surface area contributed by atoms with Crippen molar-refractivity contribution in [2.24, 2.45) is 11.7 Å². The summed E-state index contributed by atoms with van der Waals surface area (Å²) in [6.45, 7) is 0. The van der Waals surface area contributed by atoms with Gasteiger partial charge in [0.1, 0.15) is 4.60 Å². The lowest BCUT2D eigenvalue weighted by molar-refractivity contribution is 0.324. The standard InChI is InChI=1S/C12H17BrN3/c13-12-8-15-11(7-16-12)6-3-9-1-4-10(14)5-2-9/h6-10H,1-5,14H2. The SMILES string of the molecule is NC1CCC(C[CH]c2cnc(Br)cn2)CC1. The molecule has 2 rings (SSSR count). The summed E-state index contributed by atoms with van der Waals surface area (Å²) in [5.41, 5.74) is 6.85. The Bertz CT molecular complexity index is 318. The Morgan fingerprint density at radius 1 is 1.25 bits per heavy atom. The molecule has 1 saturated carbocycles. The monoisotopic (exact) mass is 282 g/mol. The van der Waals surface area contributed by atoms with Crippen LogP contribution in [0.1, 0.15) is 37.8 Å². The maximum atomic E-state index is 5.88. The van der Waals surface area contributed by atoms with Crippen molar-refractivity contribution in [3.8, 4) is 0 Å². The van der Waals surface area contributed by atoms with E-state index in [1.54, 1.807) is 12.4 Å². The zero-order valence-corrected chi connectivity index (χ0v) is 10.9. The van der Waals surface area contributed by atoms with Crippen LogP contribution in [0.2, 0.25) is 0 Å². The molecule has 0 amide bonds. The highest BCUT2D eigenvalue weighted by Crippen LogP contribution is 2.27. The lowest BCUT2D eigenvalue weighted by Gasteiger charge is -2.25. The molecule has 1 aromatic rings. The molecule has 87 valence electrons. The first-order chi connectivity index (χ1) is 7.74. The van der Waals surface area contributed by atoms with Gasteiger partial charge in [-0.3, -0.25) is 4.98 Å². The molecule has 1 heterocycles. The summed E-state index contributed by atoms with van der Waals surface area (Å²) in [7, 11) is 0. The predicted octanol–water partition coefficient (Wildman–Crippen LogP) is 2.70. The van der Waals surface area contributed by atoms with Gasteiger partial charge in [-0.2, -0.15) is 0 Å². The summed E-state index contributed by atoms with van der Waals surface area (Å²) in [4.78, 5) is 8.45. The van der Waals surface area contributed by atoms with E-state index in [0.717, 1.165) is 22.6 Å². The second-order valence-corrected chi connectivity index (χ2v) is 5.30. The van der Waals surface area contributed by atoms with Crippen LogP contribution >= 0.6 is 15.9 Å². The van der Waals surface area contributed by atoms with Crippen molar-refractivity contribution in [1.29, 1.82) is 0 Å². The van der Waals surface area contributed by atoms with Crippen molar-refractivity contribution < 1.29 is 0 Å². The van der Waals surface area contributed by atoms with Gasteiger partial charge in [0.25, 0.3) is 0 Å². The third kappa shape index (κ3) is 3.52. The van der Waals surface area contributed by atoms with Crippen molar-refractivity contribution in [2.75, 3.05) is 0 Å². The quantitative estimate of drug-likeness (QED) is 0.928. The van der Waals surface area contributed by atoms with Gasteiger partial charge in [-0.1, -0.05) is 0 Å². The van der Waals surface area contributed by atoms with Crippen LogP contribution in [0.3, 0.4) is 0 Å². The number of hydrogen-bond donors (Lipinski definition) is 1. The Hall–Kier alpha value is -0.480. The lowest BCUT2D eigenvalue weighted by atomic mass is 9.83. The smallest absolute Gasteiger partial charge is 0.124 e. The summed E-state index contributed by atoms with van der Waals surface area (Å²) < 4.78 is 0.785. The maximum absolute atomic E-state index is 5.88. The van der Waals surface area contributed by atoms with Gasteiger partial charge in [0, 0.05) is 12.5 Å². The van der Waals surface area contributed by atoms with E-state index in [1.165, 1.54) is 25.7 Å². The molecule has 0 aliphatic heterocycles. The summed E-state index contributed by atoms with van der Waals surface area (Å²) >= 11 is 3.28. The van der Waals surface area contributed by atoms with E-state index in [-0.39, 0.29) is 0 Å². The van der Waals surface area contributed by atoms with Crippen LogP contribution in [0.25, 0.3) is 0 Å². The molecule has 0 unspecified atom stereocenters. The molecule has 1 radical (unpaired) electrons. The van der Waals surface area contributed by atoms with E-state index >= 15 is 0 Å². The molecule has 16 heavy (non-hydrogen) atoms. The second-order valence-electron chi connectivity index (χ2n) is 4.48. The molecule has 2 N–H and O–H groups in total. The molecule has 0 atom stereocenters. The van der Waals surface area contributed by atoms with Gasteiger partial charge in [0.05, 0.1) is 18.1 Å². The Morgan fingerprint density at radius 2 is 2.00 bits per heavy atom. The average Bonchev–Trinajstić information content (AvgIpc) is 2.30. The van der Waals surface area contributed by atoms with Crippen LogP contribution in [-0.2, 0) is 0 Å². The molecule has 0 aromatic carbocycles. The first-order valence-electron chi connectivity index (χ1n) is 5.80. The van der Waals surface area contributed by atoms with Crippen LogP contribution in [0.4, 0.5) is 0 Å². The van der Waals surface area contributed by atoms with Crippen LogP contribution < -0.4 is 5.73 Å². The molecule has 1 aliphatic carbocycles. The Labute approximate surface area is 105 Å². The van der Waals surface area contributed by atoms with Crippen LogP contribution in [0, 0.1) is 12.3 Å². The minimum Gasteiger partial charge on any atom is -0.328 e. The molecule has 1 aliphatic rings. The van der Waals surface area contributed by atoms with Crippen LogP contribution in [0.5, 0.6) is 0 Å². The summed E-state index contributed by atoms with van der Waals surface area (Å²) in [6.07, 6.45) is 11.7. The maximum Gasteiger partial charge on any atom is 0.124 e. The minimum absolute atomic E-state index is 0.434. The summed E-state index contributed by atoms with van der Waals surface area (Å²) in [6, 6.07) is 0.434. The van der Waals surface area contributed by atoms with Crippen molar-refractivity contribution in [1.82, 2.24) is 9.97 Å². The van der Waals surface area contributed by atoms with Gasteiger partial charge in [0.2, 0.25) is 0 Å². The number of hydrogen-bond acceptors (Lipinski definition) is 3. The number of rotatable bonds is 3. The van der Waals surface area contributed by atoms with E-state index < -0.39 is 0 Å². The van der Waals surface area contributed by atoms with E-state index in [4.69, 9.17) is 5.73 Å². The average molecular weight is 283 g/mol. The zero-order chi connectivity index (χ0) is 11.4. The zero-order valence-electron chi connectivity index (χ0n) is 9.27. The molecule has 4 heteroatoms. The molecule has 1 aromatic heterocycles. The van der Waals surface area contributed by atoms with Crippen molar-refractivity contribution >= 4 is 15.9 Å². The number of aromatic nitrogens is 2. The lowest BCUT2D eigenvalue weighted by Crippen LogP contribution is -2.26. The fourth-order valence-corrected chi connectivity index (χ4v) is 2.34. The van der Waals surface area contributed by atoms with E-state index in [9.17, 15) is 0 Å². The first kappa shape index (κ1) is 12.0. The van der Waals surface area contributed by atoms with Gasteiger partial charge in [-0.15, -0.1) is 0 Å². The van der Waals surface area contributed by atoms with Crippen molar-refractivity contribution in [3.63, 3.8) is 0 Å². The topological polar surface area (TPSA) is 51.8 Å². The molecule has 0 saturated heterocycles. The largest absolute Gasteiger partial charge is 0.328 e. The highest BCUT2D eigenvalue weighted by molar-refractivity contribution is 9.10. The summed E-state index contributed by atoms with van der Waals surface area (Å²) in [5.74, 6) is 0.783. The Kier molecular flexibility index (Phi) is 4.29. The van der Waals surface area contributed by atoms with E-state index in [2.05, 4.69) is 32.3 Å². The van der Waals surface area contributed by atoms with Crippen LogP contribution in [-0.4, -0.2) is 16.0 Å². The highest BCUT2D eigenvalue weighted by Gasteiger charge is 2.18. The third-order valence-corrected chi connectivity index (χ3v) is 3.60. The van der Waals surface area contributed by atoms with Crippen LogP contribution in [0.15, 0.2) is 17.0 Å². The van der Waals surface area contributed by atoms with Crippen molar-refractivity contribution in [2.45, 2.75) is 38.1 Å². The Balaban J connectivity index is 1.77. The molecular weight excluding hydrogens is 266 g/mol. The number of nitrogens with zero attached hydrogens (tertiary/aromatic N) is 2. The van der Waals surface area contributed by atoms with Crippen molar-refractivity contribution in [3.05, 3.63) is 29.1 Å². The predicted molar refractivity (Wildman–Crippen MR) is 67.7 cm³/mol. The first-order valence-corrected chi connectivity index (χ1v) is 6.59. The number of halogens is 1. The van der Waals surface area contributed by atoms with E-state index in [1.807, 2.05) is 0 Å². The Morgan fingerprint density at radius 3 is 2.62 bits per heavy atom. The fraction of sp³-hybridized carbons (Fsp3) is 0.583. The summed E-state index contributed by atoms with van der Waals surface area (Å²) in [5, 5.41) is 0. The molecule has 0 bridgehead atoms. The normalized spacial score (nSPS) is 25.6. The molecule has 1 fully saturated rings. The van der Waals surface area contributed by atoms with E-state index in [0.29, 0.717) is 6.04 Å². The highest BCUT2D eigenvalue weighted by atomic mass is 79.9. The third-order valence-electron chi connectivity index (χ3n) is 3.19. The van der Waals surface area contributed by atoms with Gasteiger partial charge >= 0.3 is 0 Å². The molecule has 0 spiro atoms. The second kappa shape index (κ2) is 5.73. The minimum atomic E-state index is 0.434. The van der Waals surface area contributed by atoms with Gasteiger partial charge in [-0.25, -0.2) is 4.98 Å². The fourth-order valence-electron chi connectivity index (χ4n) is 2.14. The van der Waals surface area contributed by atoms with Gasteiger partial charge < -0.3 is 5.73 Å². The molecular formula is C12H17BrN3.